The number of amides is 2. The van der Waals surface area contributed by atoms with Gasteiger partial charge in [0.2, 0.25) is 5.89 Å². The minimum Gasteiger partial charge on any atom is -0.444 e. The molecule has 1 aromatic heterocycles. The van der Waals surface area contributed by atoms with E-state index in [0.29, 0.717) is 11.6 Å². The van der Waals surface area contributed by atoms with Crippen molar-refractivity contribution in [3.05, 3.63) is 42.3 Å². The van der Waals surface area contributed by atoms with Crippen LogP contribution in [0.25, 0.3) is 11.5 Å². The van der Waals surface area contributed by atoms with E-state index < -0.39 is 5.60 Å². The van der Waals surface area contributed by atoms with Gasteiger partial charge in [0.1, 0.15) is 6.26 Å². The highest BCUT2D eigenvalue weighted by molar-refractivity contribution is 5.73. The number of hydrogen-bond acceptors (Lipinski definition) is 4. The fraction of sp³-hybridized carbons (Fsp3) is 0.375. The second kappa shape index (κ2) is 6.62. The summed E-state index contributed by atoms with van der Waals surface area (Å²) >= 11 is 0. The number of urea groups is 1. The van der Waals surface area contributed by atoms with Crippen LogP contribution in [0.4, 0.5) is 4.79 Å². The molecule has 1 aromatic carbocycles. The van der Waals surface area contributed by atoms with Crippen molar-refractivity contribution in [2.75, 3.05) is 13.6 Å². The molecule has 0 atom stereocenters. The SMILES string of the molecule is CN(CC(C)(C)O)C(=O)NCc1coc(-c2ccccc2)n1. The van der Waals surface area contributed by atoms with E-state index in [1.807, 2.05) is 30.3 Å². The number of oxazole rings is 1. The van der Waals surface area contributed by atoms with Crippen molar-refractivity contribution in [3.8, 4) is 11.5 Å². The number of nitrogens with zero attached hydrogens (tertiary/aromatic N) is 2. The molecular weight excluding hydrogens is 282 g/mol. The molecule has 0 aliphatic carbocycles. The Morgan fingerprint density at radius 1 is 1.36 bits per heavy atom. The lowest BCUT2D eigenvalue weighted by Crippen LogP contribution is -2.44. The molecule has 2 N–H and O–H groups in total. The van der Waals surface area contributed by atoms with Crippen molar-refractivity contribution in [1.29, 1.82) is 0 Å². The van der Waals surface area contributed by atoms with Crippen LogP contribution in [0.1, 0.15) is 19.5 Å². The summed E-state index contributed by atoms with van der Waals surface area (Å²) < 4.78 is 5.41. The molecule has 6 heteroatoms. The van der Waals surface area contributed by atoms with E-state index in [2.05, 4.69) is 10.3 Å². The molecule has 1 heterocycles. The van der Waals surface area contributed by atoms with Crippen molar-refractivity contribution >= 4 is 6.03 Å². The van der Waals surface area contributed by atoms with Crippen LogP contribution in [0.2, 0.25) is 0 Å². The first-order valence-electron chi connectivity index (χ1n) is 7.06. The average molecular weight is 303 g/mol. The highest BCUT2D eigenvalue weighted by Gasteiger charge is 2.19. The van der Waals surface area contributed by atoms with Gasteiger partial charge in [-0.25, -0.2) is 9.78 Å². The normalized spacial score (nSPS) is 11.3. The summed E-state index contributed by atoms with van der Waals surface area (Å²) in [4.78, 5) is 17.7. The first-order chi connectivity index (χ1) is 10.3. The number of hydrogen-bond donors (Lipinski definition) is 2. The number of carbonyl (C=O) groups is 1. The van der Waals surface area contributed by atoms with Crippen LogP contribution in [-0.2, 0) is 6.54 Å². The standard InChI is InChI=1S/C16H21N3O3/c1-16(2,21)11-19(3)15(20)17-9-13-10-22-14(18-13)12-7-5-4-6-8-12/h4-8,10,21H,9,11H2,1-3H3,(H,17,20). The van der Waals surface area contributed by atoms with E-state index in [-0.39, 0.29) is 19.1 Å². The van der Waals surface area contributed by atoms with E-state index in [1.165, 1.54) is 11.2 Å². The van der Waals surface area contributed by atoms with Crippen molar-refractivity contribution in [3.63, 3.8) is 0 Å². The smallest absolute Gasteiger partial charge is 0.317 e. The van der Waals surface area contributed by atoms with Gasteiger partial charge in [-0.15, -0.1) is 0 Å². The topological polar surface area (TPSA) is 78.6 Å². The first-order valence-corrected chi connectivity index (χ1v) is 7.06. The summed E-state index contributed by atoms with van der Waals surface area (Å²) in [5.74, 6) is 0.523. The third-order valence-electron chi connectivity index (χ3n) is 2.96. The van der Waals surface area contributed by atoms with Crippen LogP contribution in [0, 0.1) is 0 Å². The van der Waals surface area contributed by atoms with Crippen LogP contribution >= 0.6 is 0 Å². The quantitative estimate of drug-likeness (QED) is 0.888. The fourth-order valence-electron chi connectivity index (χ4n) is 2.05. The predicted molar refractivity (Wildman–Crippen MR) is 83.1 cm³/mol. The van der Waals surface area contributed by atoms with Gasteiger partial charge in [-0.3, -0.25) is 0 Å². The highest BCUT2D eigenvalue weighted by Crippen LogP contribution is 2.17. The second-order valence-corrected chi connectivity index (χ2v) is 5.84. The third-order valence-corrected chi connectivity index (χ3v) is 2.96. The number of rotatable bonds is 5. The van der Waals surface area contributed by atoms with E-state index in [0.717, 1.165) is 5.56 Å². The molecule has 2 aromatic rings. The summed E-state index contributed by atoms with van der Waals surface area (Å²) in [5, 5.41) is 12.4. The summed E-state index contributed by atoms with van der Waals surface area (Å²) in [6, 6.07) is 9.29. The molecule has 0 fully saturated rings. The van der Waals surface area contributed by atoms with Crippen LogP contribution in [0.5, 0.6) is 0 Å². The zero-order chi connectivity index (χ0) is 16.2. The molecule has 118 valence electrons. The Morgan fingerprint density at radius 2 is 2.05 bits per heavy atom. The maximum absolute atomic E-state index is 11.9. The zero-order valence-electron chi connectivity index (χ0n) is 13.0. The Morgan fingerprint density at radius 3 is 2.68 bits per heavy atom. The number of aromatic nitrogens is 1. The fourth-order valence-corrected chi connectivity index (χ4v) is 2.05. The van der Waals surface area contributed by atoms with Gasteiger partial charge >= 0.3 is 6.03 Å². The maximum atomic E-state index is 11.9. The molecule has 0 radical (unpaired) electrons. The van der Waals surface area contributed by atoms with E-state index in [1.54, 1.807) is 20.9 Å². The monoisotopic (exact) mass is 303 g/mol. The number of carbonyl (C=O) groups excluding carboxylic acids is 1. The van der Waals surface area contributed by atoms with Crippen molar-refractivity contribution in [1.82, 2.24) is 15.2 Å². The summed E-state index contributed by atoms with van der Waals surface area (Å²) in [5.41, 5.74) is 0.601. The Kier molecular flexibility index (Phi) is 4.82. The molecule has 6 nitrogen and oxygen atoms in total. The number of likely N-dealkylation sites (N-methyl/N-ethyl adjacent to an activating group) is 1. The molecule has 0 bridgehead atoms. The molecule has 2 amide bonds. The van der Waals surface area contributed by atoms with Crippen molar-refractivity contribution < 1.29 is 14.3 Å². The van der Waals surface area contributed by atoms with Gasteiger partial charge in [-0.1, -0.05) is 18.2 Å². The lowest BCUT2D eigenvalue weighted by molar-refractivity contribution is 0.0531. The Hall–Kier alpha value is -2.34. The van der Waals surface area contributed by atoms with Gasteiger partial charge in [0.25, 0.3) is 0 Å². The van der Waals surface area contributed by atoms with Crippen LogP contribution in [0.15, 0.2) is 41.0 Å². The Labute approximate surface area is 129 Å². The highest BCUT2D eigenvalue weighted by atomic mass is 16.3. The molecule has 0 saturated carbocycles. The molecule has 0 unspecified atom stereocenters. The van der Waals surface area contributed by atoms with Gasteiger partial charge in [0, 0.05) is 12.6 Å². The number of aliphatic hydroxyl groups is 1. The zero-order valence-corrected chi connectivity index (χ0v) is 13.0. The van der Waals surface area contributed by atoms with Crippen LogP contribution in [0.3, 0.4) is 0 Å². The largest absolute Gasteiger partial charge is 0.444 e. The molecule has 0 saturated heterocycles. The maximum Gasteiger partial charge on any atom is 0.317 e. The molecule has 0 aliphatic rings. The van der Waals surface area contributed by atoms with Crippen molar-refractivity contribution in [2.24, 2.45) is 0 Å². The Balaban J connectivity index is 1.90. The van der Waals surface area contributed by atoms with Gasteiger partial charge in [0.05, 0.1) is 24.4 Å². The summed E-state index contributed by atoms with van der Waals surface area (Å²) in [7, 11) is 1.63. The number of benzene rings is 1. The van der Waals surface area contributed by atoms with E-state index >= 15 is 0 Å². The van der Waals surface area contributed by atoms with Crippen molar-refractivity contribution in [2.45, 2.75) is 26.0 Å². The molecule has 0 aliphatic heterocycles. The third kappa shape index (κ3) is 4.60. The predicted octanol–water partition coefficient (Wildman–Crippen LogP) is 2.25. The van der Waals surface area contributed by atoms with Gasteiger partial charge in [-0.05, 0) is 26.0 Å². The minimum atomic E-state index is -0.930. The molecule has 0 spiro atoms. The summed E-state index contributed by atoms with van der Waals surface area (Å²) in [6.07, 6.45) is 1.53. The lowest BCUT2D eigenvalue weighted by atomic mass is 10.1. The van der Waals surface area contributed by atoms with Crippen LogP contribution in [-0.4, -0.2) is 40.2 Å². The lowest BCUT2D eigenvalue weighted by Gasteiger charge is -2.25. The van der Waals surface area contributed by atoms with E-state index in [9.17, 15) is 9.90 Å². The molecular formula is C16H21N3O3. The van der Waals surface area contributed by atoms with Gasteiger partial charge < -0.3 is 19.7 Å². The Bertz CT molecular complexity index is 617. The number of nitrogens with one attached hydrogen (secondary N) is 1. The van der Waals surface area contributed by atoms with E-state index in [4.69, 9.17) is 4.42 Å². The molecule has 2 rings (SSSR count). The molecule has 22 heavy (non-hydrogen) atoms. The summed E-state index contributed by atoms with van der Waals surface area (Å²) in [6.45, 7) is 3.82. The van der Waals surface area contributed by atoms with Gasteiger partial charge in [0.15, 0.2) is 0 Å². The average Bonchev–Trinajstić information content (AvgIpc) is 2.92. The second-order valence-electron chi connectivity index (χ2n) is 5.84. The minimum absolute atomic E-state index is 0.243. The first kappa shape index (κ1) is 16.0. The van der Waals surface area contributed by atoms with Gasteiger partial charge in [-0.2, -0.15) is 0 Å². The van der Waals surface area contributed by atoms with Crippen LogP contribution < -0.4 is 5.32 Å².